The number of sulfone groups is 1. The van der Waals surface area contributed by atoms with Crippen molar-refractivity contribution in [3.8, 4) is 0 Å². The van der Waals surface area contributed by atoms with Gasteiger partial charge in [0, 0.05) is 31.9 Å². The minimum atomic E-state index is -3.28. The minimum Gasteiger partial charge on any atom is -0.396 e. The summed E-state index contributed by atoms with van der Waals surface area (Å²) in [5.74, 6) is 0. The first kappa shape index (κ1) is 14.1. The summed E-state index contributed by atoms with van der Waals surface area (Å²) in [5.41, 5.74) is 7.23. The highest BCUT2D eigenvalue weighted by Crippen LogP contribution is 2.30. The van der Waals surface area contributed by atoms with E-state index in [9.17, 15) is 8.42 Å². The molecule has 0 saturated carbocycles. The van der Waals surface area contributed by atoms with Crippen molar-refractivity contribution in [2.45, 2.75) is 17.9 Å². The van der Waals surface area contributed by atoms with Crippen molar-refractivity contribution in [3.63, 3.8) is 0 Å². The second kappa shape index (κ2) is 5.02. The molecule has 1 saturated heterocycles. The molecule has 0 aliphatic carbocycles. The number of benzene rings is 1. The van der Waals surface area contributed by atoms with Crippen molar-refractivity contribution < 1.29 is 8.42 Å². The number of nitrogens with zero attached hydrogens (tertiary/aromatic N) is 2. The molecule has 0 spiro atoms. The number of para-hydroxylation sites is 1. The molecule has 1 aromatic rings. The normalized spacial score (nSPS) is 21.6. The SMILES string of the molecule is CC1CN(c2cccc(S(C)(=O)=O)c2N)CCN1C. The molecule has 0 bridgehead atoms. The largest absolute Gasteiger partial charge is 0.396 e. The fourth-order valence-electron chi connectivity index (χ4n) is 2.40. The van der Waals surface area contributed by atoms with Crippen LogP contribution in [0.25, 0.3) is 0 Å². The Labute approximate surface area is 114 Å². The molecule has 1 unspecified atom stereocenters. The fraction of sp³-hybridized carbons (Fsp3) is 0.538. The number of anilines is 2. The van der Waals surface area contributed by atoms with Gasteiger partial charge in [0.1, 0.15) is 0 Å². The summed E-state index contributed by atoms with van der Waals surface area (Å²) in [6.07, 6.45) is 1.19. The zero-order chi connectivity index (χ0) is 14.2. The maximum absolute atomic E-state index is 11.7. The van der Waals surface area contributed by atoms with Crippen LogP contribution in [0.4, 0.5) is 11.4 Å². The van der Waals surface area contributed by atoms with Gasteiger partial charge < -0.3 is 15.5 Å². The van der Waals surface area contributed by atoms with Crippen LogP contribution in [-0.2, 0) is 9.84 Å². The van der Waals surface area contributed by atoms with E-state index in [1.165, 1.54) is 6.26 Å². The third-order valence-corrected chi connectivity index (χ3v) is 4.90. The number of likely N-dealkylation sites (N-methyl/N-ethyl adjacent to an activating group) is 1. The molecule has 0 amide bonds. The fourth-order valence-corrected chi connectivity index (χ4v) is 3.23. The van der Waals surface area contributed by atoms with Gasteiger partial charge in [-0.25, -0.2) is 8.42 Å². The summed E-state index contributed by atoms with van der Waals surface area (Å²) in [5, 5.41) is 0. The lowest BCUT2D eigenvalue weighted by molar-refractivity contribution is 0.234. The first-order valence-electron chi connectivity index (χ1n) is 6.34. The Kier molecular flexibility index (Phi) is 3.73. The number of piperazine rings is 1. The molecular weight excluding hydrogens is 262 g/mol. The van der Waals surface area contributed by atoms with Crippen molar-refractivity contribution in [2.24, 2.45) is 0 Å². The summed E-state index contributed by atoms with van der Waals surface area (Å²) in [6, 6.07) is 5.64. The van der Waals surface area contributed by atoms with Crippen molar-refractivity contribution >= 4 is 21.2 Å². The molecule has 2 rings (SSSR count). The summed E-state index contributed by atoms with van der Waals surface area (Å²) in [6.45, 7) is 4.82. The molecule has 1 heterocycles. The molecule has 1 aliphatic heterocycles. The van der Waals surface area contributed by atoms with Crippen LogP contribution < -0.4 is 10.6 Å². The van der Waals surface area contributed by atoms with E-state index < -0.39 is 9.84 Å². The minimum absolute atomic E-state index is 0.219. The zero-order valence-corrected chi connectivity index (χ0v) is 12.4. The van der Waals surface area contributed by atoms with Crippen molar-refractivity contribution in [1.82, 2.24) is 4.90 Å². The Hall–Kier alpha value is -1.27. The van der Waals surface area contributed by atoms with E-state index in [1.54, 1.807) is 12.1 Å². The molecule has 2 N–H and O–H groups in total. The highest BCUT2D eigenvalue weighted by molar-refractivity contribution is 7.90. The second-order valence-corrected chi connectivity index (χ2v) is 7.22. The van der Waals surface area contributed by atoms with Gasteiger partial charge in [0.15, 0.2) is 9.84 Å². The quantitative estimate of drug-likeness (QED) is 0.814. The van der Waals surface area contributed by atoms with Crippen LogP contribution in [0.5, 0.6) is 0 Å². The molecule has 0 aromatic heterocycles. The molecule has 106 valence electrons. The van der Waals surface area contributed by atoms with Gasteiger partial charge in [0.25, 0.3) is 0 Å². The monoisotopic (exact) mass is 283 g/mol. The lowest BCUT2D eigenvalue weighted by Crippen LogP contribution is -2.50. The first-order valence-corrected chi connectivity index (χ1v) is 8.23. The highest BCUT2D eigenvalue weighted by Gasteiger charge is 2.24. The molecule has 1 atom stereocenters. The van der Waals surface area contributed by atoms with E-state index in [0.717, 1.165) is 25.3 Å². The van der Waals surface area contributed by atoms with Gasteiger partial charge in [0.2, 0.25) is 0 Å². The standard InChI is InChI=1S/C13H21N3O2S/c1-10-9-16(8-7-15(10)2)11-5-4-6-12(13(11)14)19(3,17)18/h4-6,10H,7-9,14H2,1-3H3. The molecule has 19 heavy (non-hydrogen) atoms. The Morgan fingerprint density at radius 3 is 2.58 bits per heavy atom. The van der Waals surface area contributed by atoms with E-state index in [2.05, 4.69) is 23.8 Å². The Balaban J connectivity index is 2.36. The van der Waals surface area contributed by atoms with Crippen molar-refractivity contribution in [2.75, 3.05) is 43.6 Å². The van der Waals surface area contributed by atoms with Crippen LogP contribution in [-0.4, -0.2) is 52.3 Å². The Morgan fingerprint density at radius 1 is 1.32 bits per heavy atom. The van der Waals surface area contributed by atoms with Gasteiger partial charge in [-0.2, -0.15) is 0 Å². The molecule has 1 aromatic carbocycles. The molecular formula is C13H21N3O2S. The summed E-state index contributed by atoms with van der Waals surface area (Å²) in [4.78, 5) is 4.67. The average Bonchev–Trinajstić information content (AvgIpc) is 2.32. The lowest BCUT2D eigenvalue weighted by Gasteiger charge is -2.39. The van der Waals surface area contributed by atoms with Crippen LogP contribution in [0.15, 0.2) is 23.1 Å². The van der Waals surface area contributed by atoms with Crippen LogP contribution >= 0.6 is 0 Å². The van der Waals surface area contributed by atoms with Gasteiger partial charge in [0.05, 0.1) is 16.3 Å². The van der Waals surface area contributed by atoms with Crippen LogP contribution in [0.2, 0.25) is 0 Å². The Morgan fingerprint density at radius 2 is 2.00 bits per heavy atom. The summed E-state index contributed by atoms with van der Waals surface area (Å²) >= 11 is 0. The number of nitrogens with two attached hydrogens (primary N) is 1. The van der Waals surface area contributed by atoms with Gasteiger partial charge >= 0.3 is 0 Å². The van der Waals surface area contributed by atoms with Gasteiger partial charge in [-0.15, -0.1) is 0 Å². The molecule has 0 radical (unpaired) electrons. The van der Waals surface area contributed by atoms with Crippen LogP contribution in [0.3, 0.4) is 0 Å². The second-order valence-electron chi connectivity index (χ2n) is 5.24. The van der Waals surface area contributed by atoms with E-state index in [1.807, 2.05) is 6.07 Å². The first-order chi connectivity index (χ1) is 8.80. The van der Waals surface area contributed by atoms with Crippen LogP contribution in [0.1, 0.15) is 6.92 Å². The maximum Gasteiger partial charge on any atom is 0.177 e. The third-order valence-electron chi connectivity index (χ3n) is 3.74. The number of hydrogen-bond acceptors (Lipinski definition) is 5. The van der Waals surface area contributed by atoms with E-state index in [-0.39, 0.29) is 4.90 Å². The summed E-state index contributed by atoms with van der Waals surface area (Å²) < 4.78 is 23.4. The van der Waals surface area contributed by atoms with Crippen LogP contribution in [0, 0.1) is 0 Å². The Bertz CT molecular complexity index is 571. The van der Waals surface area contributed by atoms with Gasteiger partial charge in [-0.3, -0.25) is 0 Å². The molecule has 5 nitrogen and oxygen atoms in total. The van der Waals surface area contributed by atoms with E-state index in [4.69, 9.17) is 5.73 Å². The number of rotatable bonds is 2. The maximum atomic E-state index is 11.7. The smallest absolute Gasteiger partial charge is 0.177 e. The average molecular weight is 283 g/mol. The number of nitrogen functional groups attached to an aromatic ring is 1. The van der Waals surface area contributed by atoms with Gasteiger partial charge in [-0.05, 0) is 26.1 Å². The molecule has 1 fully saturated rings. The highest BCUT2D eigenvalue weighted by atomic mass is 32.2. The zero-order valence-electron chi connectivity index (χ0n) is 11.6. The molecule has 1 aliphatic rings. The number of hydrogen-bond donors (Lipinski definition) is 1. The predicted octanol–water partition coefficient (Wildman–Crippen LogP) is 0.813. The van der Waals surface area contributed by atoms with E-state index >= 15 is 0 Å². The predicted molar refractivity (Wildman–Crippen MR) is 78.3 cm³/mol. The van der Waals surface area contributed by atoms with Gasteiger partial charge in [-0.1, -0.05) is 6.07 Å². The van der Waals surface area contributed by atoms with Crippen molar-refractivity contribution in [1.29, 1.82) is 0 Å². The topological polar surface area (TPSA) is 66.6 Å². The molecule has 6 heteroatoms. The van der Waals surface area contributed by atoms with E-state index in [0.29, 0.717) is 11.7 Å². The van der Waals surface area contributed by atoms with Crippen molar-refractivity contribution in [3.05, 3.63) is 18.2 Å². The lowest BCUT2D eigenvalue weighted by atomic mass is 10.1. The summed E-state index contributed by atoms with van der Waals surface area (Å²) in [7, 11) is -1.19. The third kappa shape index (κ3) is 2.84.